The Morgan fingerprint density at radius 1 is 0.964 bits per heavy atom. The van der Waals surface area contributed by atoms with Crippen LogP contribution in [0.5, 0.6) is 0 Å². The first-order valence-electron chi connectivity index (χ1n) is 8.97. The molecule has 0 saturated carbocycles. The number of hydrazone groups is 1. The van der Waals surface area contributed by atoms with E-state index < -0.39 is 0 Å². The Balaban J connectivity index is 1.76. The van der Waals surface area contributed by atoms with Gasteiger partial charge in [-0.15, -0.1) is 0 Å². The fraction of sp³-hybridized carbons (Fsp3) is 0.0870. The van der Waals surface area contributed by atoms with Crippen LogP contribution in [0.2, 0.25) is 0 Å². The zero-order valence-electron chi connectivity index (χ0n) is 15.7. The number of carbonyl (C=O) groups excluding carboxylic acids is 1. The van der Waals surface area contributed by atoms with Crippen LogP contribution < -0.4 is 5.01 Å². The Hall–Kier alpha value is -3.31. The van der Waals surface area contributed by atoms with Gasteiger partial charge in [-0.3, -0.25) is 4.79 Å². The van der Waals surface area contributed by atoms with Crippen LogP contribution >= 0.6 is 11.3 Å². The Bertz CT molecular complexity index is 1150. The van der Waals surface area contributed by atoms with Crippen LogP contribution in [0.15, 0.2) is 77.9 Å². The molecule has 0 spiro atoms. The maximum Gasteiger partial charge on any atom is 0.280 e. The molecule has 0 bridgehead atoms. The topological polar surface area (TPSA) is 45.6 Å². The highest BCUT2D eigenvalue weighted by atomic mass is 32.1. The number of aryl methyl sites for hydroxylation is 2. The van der Waals surface area contributed by atoms with E-state index in [2.05, 4.69) is 16.2 Å². The van der Waals surface area contributed by atoms with Crippen LogP contribution in [0.1, 0.15) is 27.0 Å². The normalized spacial score (nSPS) is 11.2. The van der Waals surface area contributed by atoms with E-state index in [4.69, 9.17) is 0 Å². The van der Waals surface area contributed by atoms with Crippen molar-refractivity contribution in [1.82, 2.24) is 4.98 Å². The number of nitrogens with zero attached hydrogens (tertiary/aromatic N) is 3. The molecular formula is C23H19N3OS. The molecule has 138 valence electrons. The van der Waals surface area contributed by atoms with Gasteiger partial charge in [0.2, 0.25) is 5.13 Å². The number of amides is 1. The second kappa shape index (κ2) is 7.74. The Labute approximate surface area is 167 Å². The summed E-state index contributed by atoms with van der Waals surface area (Å²) in [6, 6.07) is 23.3. The van der Waals surface area contributed by atoms with Gasteiger partial charge in [0.05, 0.1) is 16.4 Å². The highest BCUT2D eigenvalue weighted by molar-refractivity contribution is 7.22. The molecule has 0 aliphatic heterocycles. The van der Waals surface area contributed by atoms with E-state index in [1.54, 1.807) is 6.21 Å². The van der Waals surface area contributed by atoms with Crippen LogP contribution in [-0.4, -0.2) is 17.1 Å². The maximum absolute atomic E-state index is 13.2. The van der Waals surface area contributed by atoms with Gasteiger partial charge in [0, 0.05) is 5.56 Å². The van der Waals surface area contributed by atoms with Gasteiger partial charge in [-0.1, -0.05) is 65.4 Å². The number of anilines is 1. The molecule has 4 aromatic rings. The molecule has 1 amide bonds. The molecule has 0 fully saturated rings. The minimum absolute atomic E-state index is 0.206. The number of fused-ring (bicyclic) bond motifs is 1. The van der Waals surface area contributed by atoms with E-state index in [1.807, 2.05) is 80.6 Å². The third-order valence-corrected chi connectivity index (χ3v) is 5.32. The molecule has 0 aliphatic carbocycles. The van der Waals surface area contributed by atoms with Crippen molar-refractivity contribution >= 4 is 38.8 Å². The molecule has 28 heavy (non-hydrogen) atoms. The lowest BCUT2D eigenvalue weighted by atomic mass is 10.1. The molecule has 0 radical (unpaired) electrons. The quantitative estimate of drug-likeness (QED) is 0.339. The monoisotopic (exact) mass is 385 g/mol. The maximum atomic E-state index is 13.2. The smallest absolute Gasteiger partial charge is 0.267 e. The van der Waals surface area contributed by atoms with Gasteiger partial charge in [-0.2, -0.15) is 10.1 Å². The minimum Gasteiger partial charge on any atom is -0.267 e. The molecule has 4 rings (SSSR count). The van der Waals surface area contributed by atoms with Crippen molar-refractivity contribution in [2.75, 3.05) is 5.01 Å². The first-order valence-corrected chi connectivity index (χ1v) is 9.79. The molecule has 0 aliphatic rings. The first-order chi connectivity index (χ1) is 13.6. The van der Waals surface area contributed by atoms with Gasteiger partial charge in [0.15, 0.2) is 0 Å². The van der Waals surface area contributed by atoms with Gasteiger partial charge in [-0.05, 0) is 49.2 Å². The molecule has 1 aromatic heterocycles. The second-order valence-electron chi connectivity index (χ2n) is 6.61. The number of hydrogen-bond donors (Lipinski definition) is 0. The highest BCUT2D eigenvalue weighted by Gasteiger charge is 2.21. The summed E-state index contributed by atoms with van der Waals surface area (Å²) in [6.45, 7) is 4.04. The Kier molecular flexibility index (Phi) is 5.00. The van der Waals surface area contributed by atoms with Crippen LogP contribution in [0.4, 0.5) is 5.13 Å². The molecular weight excluding hydrogens is 366 g/mol. The predicted octanol–water partition coefficient (Wildman–Crippen LogP) is 5.59. The summed E-state index contributed by atoms with van der Waals surface area (Å²) in [5, 5.41) is 6.43. The molecule has 0 atom stereocenters. The molecule has 3 aromatic carbocycles. The number of aromatic nitrogens is 1. The van der Waals surface area contributed by atoms with Crippen LogP contribution in [0.3, 0.4) is 0 Å². The largest absolute Gasteiger partial charge is 0.280 e. The average Bonchev–Trinajstić information content (AvgIpc) is 3.12. The lowest BCUT2D eigenvalue weighted by molar-refractivity contribution is 0.0988. The second-order valence-corrected chi connectivity index (χ2v) is 7.61. The Morgan fingerprint density at radius 3 is 2.43 bits per heavy atom. The summed E-state index contributed by atoms with van der Waals surface area (Å²) >= 11 is 1.46. The van der Waals surface area contributed by atoms with E-state index >= 15 is 0 Å². The highest BCUT2D eigenvalue weighted by Crippen LogP contribution is 2.30. The van der Waals surface area contributed by atoms with Crippen LogP contribution in [0, 0.1) is 13.8 Å². The lowest BCUT2D eigenvalue weighted by Crippen LogP contribution is -2.25. The molecule has 0 saturated heterocycles. The SMILES string of the molecule is Cc1ccc(C(=O)N(/N=C/c2ccccc2)c2nc3ccc(C)cc3s2)cc1. The van der Waals surface area contributed by atoms with Crippen molar-refractivity contribution in [3.63, 3.8) is 0 Å². The number of hydrogen-bond acceptors (Lipinski definition) is 4. The first kappa shape index (κ1) is 18.1. The fourth-order valence-electron chi connectivity index (χ4n) is 2.78. The summed E-state index contributed by atoms with van der Waals surface area (Å²) in [5.41, 5.74) is 4.62. The summed E-state index contributed by atoms with van der Waals surface area (Å²) < 4.78 is 1.03. The molecule has 4 nitrogen and oxygen atoms in total. The van der Waals surface area contributed by atoms with Crippen molar-refractivity contribution < 1.29 is 4.79 Å². The molecule has 1 heterocycles. The zero-order valence-corrected chi connectivity index (χ0v) is 16.5. The van der Waals surface area contributed by atoms with E-state index in [1.165, 1.54) is 16.3 Å². The van der Waals surface area contributed by atoms with Gasteiger partial charge >= 0.3 is 0 Å². The van der Waals surface area contributed by atoms with E-state index in [-0.39, 0.29) is 5.91 Å². The number of rotatable bonds is 4. The molecule has 0 unspecified atom stereocenters. The third-order valence-electron chi connectivity index (χ3n) is 4.33. The molecule has 0 N–H and O–H groups in total. The van der Waals surface area contributed by atoms with Crippen LogP contribution in [-0.2, 0) is 0 Å². The predicted molar refractivity (Wildman–Crippen MR) is 116 cm³/mol. The summed E-state index contributed by atoms with van der Waals surface area (Å²) in [5.74, 6) is -0.206. The van der Waals surface area contributed by atoms with E-state index in [9.17, 15) is 4.79 Å². The third kappa shape index (κ3) is 3.85. The number of carbonyl (C=O) groups is 1. The van der Waals surface area contributed by atoms with E-state index in [0.717, 1.165) is 26.9 Å². The van der Waals surface area contributed by atoms with Gasteiger partial charge in [0.25, 0.3) is 5.91 Å². The lowest BCUT2D eigenvalue weighted by Gasteiger charge is -2.14. The van der Waals surface area contributed by atoms with Crippen molar-refractivity contribution in [3.8, 4) is 0 Å². The van der Waals surface area contributed by atoms with Crippen molar-refractivity contribution in [3.05, 3.63) is 95.1 Å². The van der Waals surface area contributed by atoms with Crippen molar-refractivity contribution in [2.45, 2.75) is 13.8 Å². The average molecular weight is 385 g/mol. The summed E-state index contributed by atoms with van der Waals surface area (Å²) in [7, 11) is 0. The zero-order chi connectivity index (χ0) is 19.5. The standard InChI is InChI=1S/C23H19N3OS/c1-16-8-11-19(12-9-16)22(27)26(24-15-18-6-4-3-5-7-18)23-25-20-13-10-17(2)14-21(20)28-23/h3-15H,1-2H3/b24-15+. The van der Waals surface area contributed by atoms with Gasteiger partial charge in [-0.25, -0.2) is 4.98 Å². The minimum atomic E-state index is -0.206. The van der Waals surface area contributed by atoms with Crippen LogP contribution in [0.25, 0.3) is 10.2 Å². The summed E-state index contributed by atoms with van der Waals surface area (Å²) in [6.07, 6.45) is 1.68. The van der Waals surface area contributed by atoms with Gasteiger partial charge < -0.3 is 0 Å². The summed E-state index contributed by atoms with van der Waals surface area (Å²) in [4.78, 5) is 17.8. The Morgan fingerprint density at radius 2 is 1.68 bits per heavy atom. The fourth-order valence-corrected chi connectivity index (χ4v) is 3.80. The van der Waals surface area contributed by atoms with Gasteiger partial charge in [0.1, 0.15) is 0 Å². The van der Waals surface area contributed by atoms with Crippen molar-refractivity contribution in [1.29, 1.82) is 0 Å². The van der Waals surface area contributed by atoms with Crippen molar-refractivity contribution in [2.24, 2.45) is 5.10 Å². The number of benzene rings is 3. The number of thiazole rings is 1. The van der Waals surface area contributed by atoms with E-state index in [0.29, 0.717) is 10.7 Å². The molecule has 5 heteroatoms.